The summed E-state index contributed by atoms with van der Waals surface area (Å²) in [5.41, 5.74) is -0.0907. The predicted octanol–water partition coefficient (Wildman–Crippen LogP) is 0.600. The van der Waals surface area contributed by atoms with Crippen LogP contribution in [-0.4, -0.2) is 27.8 Å². The molecule has 1 aromatic heterocycles. The van der Waals surface area contributed by atoms with Gasteiger partial charge in [0.25, 0.3) is 0 Å². The van der Waals surface area contributed by atoms with Gasteiger partial charge >= 0.3 is 11.7 Å². The van der Waals surface area contributed by atoms with E-state index in [9.17, 15) is 14.9 Å². The summed E-state index contributed by atoms with van der Waals surface area (Å²) in [4.78, 5) is 20.9. The average molecular weight is 213 g/mol. The zero-order valence-electron chi connectivity index (χ0n) is 8.41. The van der Waals surface area contributed by atoms with Gasteiger partial charge in [-0.3, -0.25) is 19.6 Å². The van der Waals surface area contributed by atoms with E-state index in [4.69, 9.17) is 0 Å². The molecule has 0 aromatic carbocycles. The Morgan fingerprint density at radius 3 is 2.93 bits per heavy atom. The number of hydrogen-bond acceptors (Lipinski definition) is 5. The summed E-state index contributed by atoms with van der Waals surface area (Å²) < 4.78 is 5.87. The third kappa shape index (κ3) is 2.76. The van der Waals surface area contributed by atoms with Gasteiger partial charge < -0.3 is 4.74 Å². The molecular formula is C8H11N3O4. The van der Waals surface area contributed by atoms with Crippen LogP contribution in [0, 0.1) is 16.0 Å². The molecule has 82 valence electrons. The first kappa shape index (κ1) is 11.2. The Kier molecular flexibility index (Phi) is 3.37. The molecule has 0 fully saturated rings. The first-order valence-corrected chi connectivity index (χ1v) is 4.29. The lowest BCUT2D eigenvalue weighted by Crippen LogP contribution is -2.18. The van der Waals surface area contributed by atoms with Crippen molar-refractivity contribution in [1.82, 2.24) is 9.78 Å². The number of esters is 1. The summed E-state index contributed by atoms with van der Waals surface area (Å²) in [5.74, 6) is -0.748. The summed E-state index contributed by atoms with van der Waals surface area (Å²) in [7, 11) is 1.30. The normalized spacial score (nSPS) is 12.1. The van der Waals surface area contributed by atoms with E-state index >= 15 is 0 Å². The molecule has 15 heavy (non-hydrogen) atoms. The van der Waals surface area contributed by atoms with Crippen LogP contribution in [0.2, 0.25) is 0 Å². The second kappa shape index (κ2) is 4.54. The number of ether oxygens (including phenoxy) is 1. The predicted molar refractivity (Wildman–Crippen MR) is 50.1 cm³/mol. The van der Waals surface area contributed by atoms with Gasteiger partial charge in [0, 0.05) is 0 Å². The van der Waals surface area contributed by atoms with Crippen molar-refractivity contribution in [1.29, 1.82) is 0 Å². The van der Waals surface area contributed by atoms with Crippen molar-refractivity contribution in [2.24, 2.45) is 5.92 Å². The van der Waals surface area contributed by atoms with Gasteiger partial charge in [-0.2, -0.15) is 5.10 Å². The molecular weight excluding hydrogens is 202 g/mol. The molecule has 0 spiro atoms. The summed E-state index contributed by atoms with van der Waals surface area (Å²) >= 11 is 0. The van der Waals surface area contributed by atoms with Crippen LogP contribution >= 0.6 is 0 Å². The Morgan fingerprint density at radius 1 is 1.80 bits per heavy atom. The van der Waals surface area contributed by atoms with Crippen molar-refractivity contribution < 1.29 is 14.5 Å². The third-order valence-electron chi connectivity index (χ3n) is 1.89. The van der Waals surface area contributed by atoms with Gasteiger partial charge in [0.15, 0.2) is 0 Å². The molecule has 0 bridgehead atoms. The van der Waals surface area contributed by atoms with Gasteiger partial charge in [0.1, 0.15) is 12.4 Å². The van der Waals surface area contributed by atoms with E-state index in [0.29, 0.717) is 0 Å². The molecule has 7 nitrogen and oxygen atoms in total. The Bertz CT molecular complexity index is 374. The van der Waals surface area contributed by atoms with Crippen LogP contribution in [0.25, 0.3) is 0 Å². The highest BCUT2D eigenvalue weighted by atomic mass is 16.6. The third-order valence-corrected chi connectivity index (χ3v) is 1.89. The number of hydrogen-bond donors (Lipinski definition) is 0. The second-order valence-electron chi connectivity index (χ2n) is 3.10. The van der Waals surface area contributed by atoms with Gasteiger partial charge in [-0.05, 0) is 0 Å². The van der Waals surface area contributed by atoms with Crippen LogP contribution in [0.15, 0.2) is 12.4 Å². The van der Waals surface area contributed by atoms with Crippen molar-refractivity contribution in [3.05, 3.63) is 22.5 Å². The molecule has 1 rings (SSSR count). The first-order chi connectivity index (χ1) is 7.04. The number of rotatable bonds is 4. The number of aromatic nitrogens is 2. The molecule has 0 amide bonds. The molecule has 7 heteroatoms. The highest BCUT2D eigenvalue weighted by Gasteiger charge is 2.16. The molecule has 0 aliphatic rings. The summed E-state index contributed by atoms with van der Waals surface area (Å²) in [6.07, 6.45) is 2.42. The molecule has 0 radical (unpaired) electrons. The van der Waals surface area contributed by atoms with Gasteiger partial charge in [-0.15, -0.1) is 0 Å². The van der Waals surface area contributed by atoms with Gasteiger partial charge in [0.2, 0.25) is 0 Å². The number of methoxy groups -OCH3 is 1. The maximum Gasteiger partial charge on any atom is 0.310 e. The average Bonchev–Trinajstić information content (AvgIpc) is 2.65. The molecule has 1 aromatic rings. The molecule has 0 aliphatic heterocycles. The van der Waals surface area contributed by atoms with Crippen molar-refractivity contribution >= 4 is 11.7 Å². The van der Waals surface area contributed by atoms with Crippen LogP contribution in [0.5, 0.6) is 0 Å². The van der Waals surface area contributed by atoms with Crippen LogP contribution in [0.3, 0.4) is 0 Å². The number of carbonyl (C=O) groups excluding carboxylic acids is 1. The minimum Gasteiger partial charge on any atom is -0.469 e. The fraction of sp³-hybridized carbons (Fsp3) is 0.500. The monoisotopic (exact) mass is 213 g/mol. The standard InChI is InChI=1S/C8H11N3O4/c1-6(8(12)15-2)4-10-5-7(3-9-10)11(13)14/h3,5-6H,4H2,1-2H3/t6-/m0/s1. The quantitative estimate of drug-likeness (QED) is 0.415. The second-order valence-corrected chi connectivity index (χ2v) is 3.10. The first-order valence-electron chi connectivity index (χ1n) is 4.29. The SMILES string of the molecule is COC(=O)[C@@H](C)Cn1cc([N+](=O)[O-])cn1. The molecule has 1 heterocycles. The van der Waals surface area contributed by atoms with Crippen LogP contribution in [-0.2, 0) is 16.1 Å². The summed E-state index contributed by atoms with van der Waals surface area (Å²) in [6.45, 7) is 1.93. The van der Waals surface area contributed by atoms with Crippen molar-refractivity contribution in [2.45, 2.75) is 13.5 Å². The fourth-order valence-electron chi connectivity index (χ4n) is 1.10. The minimum absolute atomic E-state index is 0.0907. The van der Waals surface area contributed by atoms with E-state index in [2.05, 4.69) is 9.84 Å². The topological polar surface area (TPSA) is 87.3 Å². The maximum absolute atomic E-state index is 11.1. The highest BCUT2D eigenvalue weighted by Crippen LogP contribution is 2.10. The van der Waals surface area contributed by atoms with E-state index in [0.717, 1.165) is 6.20 Å². The molecule has 0 N–H and O–H groups in total. The van der Waals surface area contributed by atoms with Crippen molar-refractivity contribution in [2.75, 3.05) is 7.11 Å². The maximum atomic E-state index is 11.1. The number of carbonyl (C=O) groups is 1. The van der Waals surface area contributed by atoms with E-state index in [1.807, 2.05) is 0 Å². The summed E-state index contributed by atoms with van der Waals surface area (Å²) in [6, 6.07) is 0. The van der Waals surface area contributed by atoms with Crippen molar-refractivity contribution in [3.63, 3.8) is 0 Å². The Labute approximate surface area is 85.8 Å². The van der Waals surface area contributed by atoms with Crippen LogP contribution < -0.4 is 0 Å². The van der Waals surface area contributed by atoms with Crippen LogP contribution in [0.4, 0.5) is 5.69 Å². The Hall–Kier alpha value is -1.92. The van der Waals surface area contributed by atoms with E-state index < -0.39 is 4.92 Å². The number of nitro groups is 1. The molecule has 0 unspecified atom stereocenters. The summed E-state index contributed by atoms with van der Waals surface area (Å²) in [5, 5.41) is 14.1. The zero-order chi connectivity index (χ0) is 11.4. The highest BCUT2D eigenvalue weighted by molar-refractivity contribution is 5.71. The number of nitrogens with zero attached hydrogens (tertiary/aromatic N) is 3. The molecule has 0 saturated carbocycles. The lowest BCUT2D eigenvalue weighted by atomic mass is 10.2. The lowest BCUT2D eigenvalue weighted by Gasteiger charge is -2.07. The molecule has 0 aliphatic carbocycles. The van der Waals surface area contributed by atoms with E-state index in [-0.39, 0.29) is 24.1 Å². The Morgan fingerprint density at radius 2 is 2.47 bits per heavy atom. The van der Waals surface area contributed by atoms with Crippen LogP contribution in [0.1, 0.15) is 6.92 Å². The largest absolute Gasteiger partial charge is 0.469 e. The fourth-order valence-corrected chi connectivity index (χ4v) is 1.10. The molecule has 0 saturated heterocycles. The van der Waals surface area contributed by atoms with E-state index in [1.165, 1.54) is 18.0 Å². The molecule has 1 atom stereocenters. The lowest BCUT2D eigenvalue weighted by molar-refractivity contribution is -0.385. The van der Waals surface area contributed by atoms with Gasteiger partial charge in [-0.1, -0.05) is 6.92 Å². The van der Waals surface area contributed by atoms with Gasteiger partial charge in [-0.25, -0.2) is 0 Å². The smallest absolute Gasteiger partial charge is 0.310 e. The van der Waals surface area contributed by atoms with Crippen molar-refractivity contribution in [3.8, 4) is 0 Å². The minimum atomic E-state index is -0.535. The Balaban J connectivity index is 2.65. The van der Waals surface area contributed by atoms with Gasteiger partial charge in [0.05, 0.1) is 24.5 Å². The zero-order valence-corrected chi connectivity index (χ0v) is 8.41. The van der Waals surface area contributed by atoms with E-state index in [1.54, 1.807) is 6.92 Å².